The number of ether oxygens (including phenoxy) is 1. The fourth-order valence-electron chi connectivity index (χ4n) is 1.95. The Morgan fingerprint density at radius 1 is 1.67 bits per heavy atom. The summed E-state index contributed by atoms with van der Waals surface area (Å²) in [7, 11) is 1.62. The number of likely N-dealkylation sites (N-methyl/N-ethyl adjacent to an activating group) is 1. The SMILES string of the molecule is C#CCC(NC(=O)N(C)C1CCOC1C)C(=O)O. The van der Waals surface area contributed by atoms with Crippen LogP contribution in [0, 0.1) is 12.3 Å². The number of carbonyl (C=O) groups is 2. The lowest BCUT2D eigenvalue weighted by molar-refractivity contribution is -0.139. The summed E-state index contributed by atoms with van der Waals surface area (Å²) in [5.41, 5.74) is 0. The maximum atomic E-state index is 11.9. The molecule has 6 nitrogen and oxygen atoms in total. The van der Waals surface area contributed by atoms with Crippen molar-refractivity contribution in [1.29, 1.82) is 0 Å². The maximum Gasteiger partial charge on any atom is 0.327 e. The van der Waals surface area contributed by atoms with Crippen LogP contribution in [-0.4, -0.2) is 53.8 Å². The molecule has 0 spiro atoms. The van der Waals surface area contributed by atoms with Crippen LogP contribution in [0.2, 0.25) is 0 Å². The molecule has 1 heterocycles. The molecule has 1 aliphatic rings. The zero-order valence-corrected chi connectivity index (χ0v) is 10.5. The summed E-state index contributed by atoms with van der Waals surface area (Å²) in [5, 5.41) is 11.3. The molecule has 0 aromatic carbocycles. The molecule has 0 bridgehead atoms. The molecule has 3 unspecified atom stereocenters. The zero-order valence-electron chi connectivity index (χ0n) is 10.5. The van der Waals surface area contributed by atoms with Crippen molar-refractivity contribution < 1.29 is 19.4 Å². The number of hydrogen-bond donors (Lipinski definition) is 2. The number of terminal acetylenes is 1. The van der Waals surface area contributed by atoms with Crippen molar-refractivity contribution in [2.75, 3.05) is 13.7 Å². The third-order valence-electron chi connectivity index (χ3n) is 3.07. The number of nitrogens with zero attached hydrogens (tertiary/aromatic N) is 1. The Labute approximate surface area is 106 Å². The fourth-order valence-corrected chi connectivity index (χ4v) is 1.95. The first-order valence-electron chi connectivity index (χ1n) is 5.78. The number of rotatable bonds is 4. The number of amides is 2. The predicted molar refractivity (Wildman–Crippen MR) is 65.0 cm³/mol. The summed E-state index contributed by atoms with van der Waals surface area (Å²) in [4.78, 5) is 24.2. The Kier molecular flexibility index (Phi) is 4.98. The normalized spacial score (nSPS) is 24.1. The molecule has 100 valence electrons. The van der Waals surface area contributed by atoms with Crippen molar-refractivity contribution >= 4 is 12.0 Å². The average molecular weight is 254 g/mol. The molecule has 0 aromatic heterocycles. The Hall–Kier alpha value is -1.74. The summed E-state index contributed by atoms with van der Waals surface area (Å²) in [6.07, 6.45) is 5.73. The minimum Gasteiger partial charge on any atom is -0.480 e. The lowest BCUT2D eigenvalue weighted by atomic mass is 10.1. The molecule has 0 saturated carbocycles. The first-order chi connectivity index (χ1) is 8.47. The Bertz CT molecular complexity index is 364. The van der Waals surface area contributed by atoms with E-state index < -0.39 is 18.0 Å². The van der Waals surface area contributed by atoms with E-state index in [9.17, 15) is 9.59 Å². The maximum absolute atomic E-state index is 11.9. The lowest BCUT2D eigenvalue weighted by Crippen LogP contribution is -2.51. The molecular weight excluding hydrogens is 236 g/mol. The van der Waals surface area contributed by atoms with Gasteiger partial charge in [0.2, 0.25) is 0 Å². The van der Waals surface area contributed by atoms with E-state index in [1.807, 2.05) is 6.92 Å². The number of nitrogens with one attached hydrogen (secondary N) is 1. The van der Waals surface area contributed by atoms with Gasteiger partial charge in [-0.3, -0.25) is 0 Å². The van der Waals surface area contributed by atoms with Crippen molar-refractivity contribution in [3.8, 4) is 12.3 Å². The number of aliphatic carboxylic acids is 1. The van der Waals surface area contributed by atoms with E-state index in [0.717, 1.165) is 6.42 Å². The Balaban J connectivity index is 2.58. The third-order valence-corrected chi connectivity index (χ3v) is 3.07. The van der Waals surface area contributed by atoms with Gasteiger partial charge >= 0.3 is 12.0 Å². The number of carboxylic acids is 1. The van der Waals surface area contributed by atoms with Crippen LogP contribution >= 0.6 is 0 Å². The summed E-state index contributed by atoms with van der Waals surface area (Å²) in [6, 6.07) is -1.53. The van der Waals surface area contributed by atoms with Crippen LogP contribution in [0.15, 0.2) is 0 Å². The first-order valence-corrected chi connectivity index (χ1v) is 5.78. The zero-order chi connectivity index (χ0) is 13.7. The summed E-state index contributed by atoms with van der Waals surface area (Å²) in [5.74, 6) is 1.10. The molecule has 1 rings (SSSR count). The molecule has 1 aliphatic heterocycles. The van der Waals surface area contributed by atoms with Gasteiger partial charge in [-0.25, -0.2) is 9.59 Å². The van der Waals surface area contributed by atoms with Crippen LogP contribution in [0.5, 0.6) is 0 Å². The molecule has 1 fully saturated rings. The van der Waals surface area contributed by atoms with E-state index in [1.165, 1.54) is 4.90 Å². The van der Waals surface area contributed by atoms with Gasteiger partial charge in [0.05, 0.1) is 12.1 Å². The highest BCUT2D eigenvalue weighted by atomic mass is 16.5. The van der Waals surface area contributed by atoms with E-state index in [4.69, 9.17) is 16.3 Å². The van der Waals surface area contributed by atoms with Gasteiger partial charge in [-0.05, 0) is 13.3 Å². The van der Waals surface area contributed by atoms with Crippen molar-refractivity contribution in [2.24, 2.45) is 0 Å². The van der Waals surface area contributed by atoms with Gasteiger partial charge < -0.3 is 20.1 Å². The standard InChI is InChI=1S/C12H18N2O4/c1-4-5-9(11(15)16)13-12(17)14(3)10-6-7-18-8(10)2/h1,8-10H,5-7H2,2-3H3,(H,13,17)(H,15,16). The molecular formula is C12H18N2O4. The van der Waals surface area contributed by atoms with Gasteiger partial charge in [0, 0.05) is 20.1 Å². The van der Waals surface area contributed by atoms with Gasteiger partial charge in [-0.15, -0.1) is 12.3 Å². The number of carboxylic acid groups (broad SMARTS) is 1. The highest BCUT2D eigenvalue weighted by Gasteiger charge is 2.32. The van der Waals surface area contributed by atoms with Gasteiger partial charge in [0.25, 0.3) is 0 Å². The van der Waals surface area contributed by atoms with Crippen molar-refractivity contribution in [1.82, 2.24) is 10.2 Å². The largest absolute Gasteiger partial charge is 0.480 e. The summed E-state index contributed by atoms with van der Waals surface area (Å²) in [6.45, 7) is 2.49. The van der Waals surface area contributed by atoms with E-state index in [1.54, 1.807) is 7.05 Å². The summed E-state index contributed by atoms with van der Waals surface area (Å²) >= 11 is 0. The van der Waals surface area contributed by atoms with Crippen LogP contribution in [0.25, 0.3) is 0 Å². The van der Waals surface area contributed by atoms with Crippen LogP contribution in [-0.2, 0) is 9.53 Å². The van der Waals surface area contributed by atoms with Crippen LogP contribution in [0.3, 0.4) is 0 Å². The van der Waals surface area contributed by atoms with E-state index >= 15 is 0 Å². The highest BCUT2D eigenvalue weighted by molar-refractivity contribution is 5.82. The fraction of sp³-hybridized carbons (Fsp3) is 0.667. The van der Waals surface area contributed by atoms with Gasteiger partial charge in [-0.1, -0.05) is 0 Å². The Morgan fingerprint density at radius 3 is 2.78 bits per heavy atom. The molecule has 0 aromatic rings. The van der Waals surface area contributed by atoms with E-state index in [2.05, 4.69) is 11.2 Å². The number of carbonyl (C=O) groups excluding carboxylic acids is 1. The predicted octanol–water partition coefficient (Wildman–Crippen LogP) is 0.282. The van der Waals surface area contributed by atoms with Crippen LogP contribution in [0.4, 0.5) is 4.79 Å². The first kappa shape index (κ1) is 14.3. The minimum atomic E-state index is -1.13. The molecule has 18 heavy (non-hydrogen) atoms. The second kappa shape index (κ2) is 6.26. The van der Waals surface area contributed by atoms with Crippen molar-refractivity contribution in [2.45, 2.75) is 38.0 Å². The van der Waals surface area contributed by atoms with Crippen molar-refractivity contribution in [3.63, 3.8) is 0 Å². The smallest absolute Gasteiger partial charge is 0.327 e. The molecule has 6 heteroatoms. The topological polar surface area (TPSA) is 78.9 Å². The minimum absolute atomic E-state index is 0.0361. The highest BCUT2D eigenvalue weighted by Crippen LogP contribution is 2.18. The number of hydrogen-bond acceptors (Lipinski definition) is 3. The number of urea groups is 1. The van der Waals surface area contributed by atoms with Gasteiger partial charge in [0.1, 0.15) is 6.04 Å². The Morgan fingerprint density at radius 2 is 2.33 bits per heavy atom. The average Bonchev–Trinajstić information content (AvgIpc) is 2.73. The quantitative estimate of drug-likeness (QED) is 0.706. The van der Waals surface area contributed by atoms with Gasteiger partial charge in [0.15, 0.2) is 0 Å². The second-order valence-electron chi connectivity index (χ2n) is 4.29. The van der Waals surface area contributed by atoms with E-state index in [-0.39, 0.29) is 18.6 Å². The van der Waals surface area contributed by atoms with Crippen LogP contribution < -0.4 is 5.32 Å². The summed E-state index contributed by atoms with van der Waals surface area (Å²) < 4.78 is 5.37. The molecule has 3 atom stereocenters. The molecule has 1 saturated heterocycles. The molecule has 0 radical (unpaired) electrons. The lowest BCUT2D eigenvalue weighted by Gasteiger charge is -2.28. The monoisotopic (exact) mass is 254 g/mol. The third kappa shape index (κ3) is 3.37. The van der Waals surface area contributed by atoms with E-state index in [0.29, 0.717) is 6.61 Å². The molecule has 0 aliphatic carbocycles. The van der Waals surface area contributed by atoms with Crippen molar-refractivity contribution in [3.05, 3.63) is 0 Å². The second-order valence-corrected chi connectivity index (χ2v) is 4.29. The molecule has 2 amide bonds. The van der Waals surface area contributed by atoms with Gasteiger partial charge in [-0.2, -0.15) is 0 Å². The molecule has 2 N–H and O–H groups in total. The van der Waals surface area contributed by atoms with Crippen LogP contribution in [0.1, 0.15) is 19.8 Å².